The molecular formula is C18H23FN2O3. The van der Waals surface area contributed by atoms with E-state index in [4.69, 9.17) is 4.74 Å². The summed E-state index contributed by atoms with van der Waals surface area (Å²) in [5, 5.41) is 0. The van der Waals surface area contributed by atoms with Crippen LogP contribution < -0.4 is 0 Å². The van der Waals surface area contributed by atoms with Gasteiger partial charge in [0.1, 0.15) is 5.82 Å². The highest BCUT2D eigenvalue weighted by Crippen LogP contribution is 2.20. The summed E-state index contributed by atoms with van der Waals surface area (Å²) in [5.41, 5.74) is 1.03. The van der Waals surface area contributed by atoms with Crippen LogP contribution in [0.4, 0.5) is 4.39 Å². The van der Waals surface area contributed by atoms with Crippen molar-refractivity contribution in [3.8, 4) is 0 Å². The maximum Gasteiger partial charge on any atom is 0.229 e. The molecule has 0 unspecified atom stereocenters. The van der Waals surface area contributed by atoms with Crippen LogP contribution in [0.15, 0.2) is 24.3 Å². The van der Waals surface area contributed by atoms with Crippen molar-refractivity contribution in [2.24, 2.45) is 5.92 Å². The molecular weight excluding hydrogens is 311 g/mol. The minimum Gasteiger partial charge on any atom is -0.378 e. The second-order valence-corrected chi connectivity index (χ2v) is 6.62. The van der Waals surface area contributed by atoms with Crippen molar-refractivity contribution >= 4 is 11.8 Å². The minimum absolute atomic E-state index is 0.0638. The fraction of sp³-hybridized carbons (Fsp3) is 0.556. The zero-order valence-corrected chi connectivity index (χ0v) is 13.9. The zero-order valence-electron chi connectivity index (χ0n) is 13.9. The maximum absolute atomic E-state index is 12.9. The van der Waals surface area contributed by atoms with Gasteiger partial charge in [-0.2, -0.15) is 0 Å². The van der Waals surface area contributed by atoms with Crippen molar-refractivity contribution in [3.05, 3.63) is 35.6 Å². The van der Waals surface area contributed by atoms with Gasteiger partial charge in [0, 0.05) is 26.6 Å². The largest absolute Gasteiger partial charge is 0.378 e. The summed E-state index contributed by atoms with van der Waals surface area (Å²) in [4.78, 5) is 28.4. The fourth-order valence-electron chi connectivity index (χ4n) is 3.35. The maximum atomic E-state index is 12.9. The highest BCUT2D eigenvalue weighted by Gasteiger charge is 2.38. The SMILES string of the molecule is CN1C(=O)[C@H]2COC[C@@H]1CN(C(=O)CCCc1ccc(F)cc1)C2. The van der Waals surface area contributed by atoms with Crippen molar-refractivity contribution in [3.63, 3.8) is 0 Å². The molecule has 3 rings (SSSR count). The summed E-state index contributed by atoms with van der Waals surface area (Å²) >= 11 is 0. The number of hydrogen-bond acceptors (Lipinski definition) is 3. The molecule has 2 amide bonds. The quantitative estimate of drug-likeness (QED) is 0.838. The Hall–Kier alpha value is -1.95. The number of nitrogens with zero attached hydrogens (tertiary/aromatic N) is 2. The van der Waals surface area contributed by atoms with Crippen molar-refractivity contribution < 1.29 is 18.7 Å². The van der Waals surface area contributed by atoms with E-state index in [1.54, 1.807) is 24.1 Å². The molecule has 0 saturated carbocycles. The number of amides is 2. The first kappa shape index (κ1) is 16.9. The highest BCUT2D eigenvalue weighted by atomic mass is 19.1. The van der Waals surface area contributed by atoms with Gasteiger partial charge in [0.15, 0.2) is 0 Å². The van der Waals surface area contributed by atoms with Crippen LogP contribution in [0.5, 0.6) is 0 Å². The Morgan fingerprint density at radius 1 is 1.25 bits per heavy atom. The van der Waals surface area contributed by atoms with E-state index in [0.717, 1.165) is 18.4 Å². The summed E-state index contributed by atoms with van der Waals surface area (Å²) in [7, 11) is 1.79. The molecule has 0 spiro atoms. The molecule has 2 fully saturated rings. The van der Waals surface area contributed by atoms with Crippen LogP contribution in [0.3, 0.4) is 0 Å². The Kier molecular flexibility index (Phi) is 5.14. The van der Waals surface area contributed by atoms with E-state index in [-0.39, 0.29) is 29.6 Å². The van der Waals surface area contributed by atoms with Crippen LogP contribution in [0.2, 0.25) is 0 Å². The third-order valence-corrected chi connectivity index (χ3v) is 4.87. The van der Waals surface area contributed by atoms with Gasteiger partial charge in [-0.25, -0.2) is 4.39 Å². The van der Waals surface area contributed by atoms with Crippen molar-refractivity contribution in [2.45, 2.75) is 25.3 Å². The smallest absolute Gasteiger partial charge is 0.229 e. The number of carbonyl (C=O) groups excluding carboxylic acids is 2. The van der Waals surface area contributed by atoms with Crippen molar-refractivity contribution in [1.82, 2.24) is 9.80 Å². The lowest BCUT2D eigenvalue weighted by molar-refractivity contribution is -0.134. The van der Waals surface area contributed by atoms with E-state index >= 15 is 0 Å². The number of benzene rings is 1. The van der Waals surface area contributed by atoms with Gasteiger partial charge >= 0.3 is 0 Å². The van der Waals surface area contributed by atoms with Gasteiger partial charge in [0.2, 0.25) is 11.8 Å². The standard InChI is InChI=1S/C18H23FN2O3/c1-20-16-10-21(9-14(18(20)23)11-24-12-16)17(22)4-2-3-13-5-7-15(19)8-6-13/h5-8,14,16H,2-4,9-12H2,1H3/t14-,16+/m1/s1. The predicted molar refractivity (Wildman–Crippen MR) is 86.8 cm³/mol. The van der Waals surface area contributed by atoms with Gasteiger partial charge in [-0.1, -0.05) is 12.1 Å². The molecule has 0 radical (unpaired) electrons. The van der Waals surface area contributed by atoms with E-state index in [1.165, 1.54) is 12.1 Å². The minimum atomic E-state index is -0.261. The fourth-order valence-corrected chi connectivity index (χ4v) is 3.35. The first-order valence-electron chi connectivity index (χ1n) is 8.41. The molecule has 1 aromatic carbocycles. The molecule has 0 N–H and O–H groups in total. The third-order valence-electron chi connectivity index (χ3n) is 4.87. The lowest BCUT2D eigenvalue weighted by Gasteiger charge is -2.29. The topological polar surface area (TPSA) is 49.9 Å². The van der Waals surface area contributed by atoms with Crippen LogP contribution in [-0.4, -0.2) is 61.0 Å². The monoisotopic (exact) mass is 334 g/mol. The number of ether oxygens (including phenoxy) is 1. The van der Waals surface area contributed by atoms with Crippen LogP contribution in [-0.2, 0) is 20.7 Å². The summed E-state index contributed by atoms with van der Waals surface area (Å²) < 4.78 is 18.4. The van der Waals surface area contributed by atoms with Gasteiger partial charge in [0.05, 0.1) is 25.2 Å². The molecule has 0 aliphatic carbocycles. The number of rotatable bonds is 4. The number of fused-ring (bicyclic) bond motifs is 3. The predicted octanol–water partition coefficient (Wildman–Crippen LogP) is 1.46. The normalized spacial score (nSPS) is 24.0. The Labute approximate surface area is 141 Å². The number of aryl methyl sites for hydroxylation is 1. The van der Waals surface area contributed by atoms with E-state index in [2.05, 4.69) is 0 Å². The Balaban J connectivity index is 1.55. The van der Waals surface area contributed by atoms with Gasteiger partial charge < -0.3 is 14.5 Å². The molecule has 2 aliphatic heterocycles. The van der Waals surface area contributed by atoms with Gasteiger partial charge in [-0.15, -0.1) is 0 Å². The molecule has 130 valence electrons. The summed E-state index contributed by atoms with van der Waals surface area (Å²) in [5.74, 6) is -0.360. The Bertz CT molecular complexity index is 605. The summed E-state index contributed by atoms with van der Waals surface area (Å²) in [6, 6.07) is 6.32. The molecule has 2 atom stereocenters. The molecule has 2 heterocycles. The molecule has 0 aromatic heterocycles. The van der Waals surface area contributed by atoms with Gasteiger partial charge in [-0.3, -0.25) is 9.59 Å². The highest BCUT2D eigenvalue weighted by molar-refractivity contribution is 5.82. The molecule has 1 aromatic rings. The third kappa shape index (κ3) is 3.75. The first-order valence-corrected chi connectivity index (χ1v) is 8.41. The molecule has 24 heavy (non-hydrogen) atoms. The van der Waals surface area contributed by atoms with E-state index in [9.17, 15) is 14.0 Å². The van der Waals surface area contributed by atoms with E-state index in [1.807, 2.05) is 4.90 Å². The van der Waals surface area contributed by atoms with Crippen molar-refractivity contribution in [1.29, 1.82) is 0 Å². The molecule has 5 nitrogen and oxygen atoms in total. The number of halogens is 1. The van der Waals surface area contributed by atoms with Crippen LogP contribution >= 0.6 is 0 Å². The summed E-state index contributed by atoms with van der Waals surface area (Å²) in [6.07, 6.45) is 1.90. The summed E-state index contributed by atoms with van der Waals surface area (Å²) in [6.45, 7) is 1.85. The molecule has 6 heteroatoms. The molecule has 2 bridgehead atoms. The lowest BCUT2D eigenvalue weighted by Crippen LogP contribution is -2.45. The lowest BCUT2D eigenvalue weighted by atomic mass is 10.1. The van der Waals surface area contributed by atoms with E-state index < -0.39 is 0 Å². The molecule has 2 saturated heterocycles. The average molecular weight is 334 g/mol. The second-order valence-electron chi connectivity index (χ2n) is 6.62. The number of carbonyl (C=O) groups is 2. The van der Waals surface area contributed by atoms with Crippen molar-refractivity contribution in [2.75, 3.05) is 33.4 Å². The van der Waals surface area contributed by atoms with Gasteiger partial charge in [0.25, 0.3) is 0 Å². The Morgan fingerprint density at radius 3 is 2.75 bits per heavy atom. The van der Waals surface area contributed by atoms with Crippen LogP contribution in [0.1, 0.15) is 18.4 Å². The molecule has 2 aliphatic rings. The van der Waals surface area contributed by atoms with Crippen LogP contribution in [0, 0.1) is 11.7 Å². The number of hydrogen-bond donors (Lipinski definition) is 0. The zero-order chi connectivity index (χ0) is 17.1. The van der Waals surface area contributed by atoms with Crippen LogP contribution in [0.25, 0.3) is 0 Å². The Morgan fingerprint density at radius 2 is 2.00 bits per heavy atom. The average Bonchev–Trinajstić information content (AvgIpc) is 2.74. The first-order chi connectivity index (χ1) is 11.5. The second kappa shape index (κ2) is 7.30. The van der Waals surface area contributed by atoms with Gasteiger partial charge in [-0.05, 0) is 30.5 Å². The van der Waals surface area contributed by atoms with E-state index in [0.29, 0.717) is 32.7 Å². The number of likely N-dealkylation sites (N-methyl/N-ethyl adjacent to an activating group) is 1.